The smallest absolute Gasteiger partial charge is 0.303 e. The third-order valence-corrected chi connectivity index (χ3v) is 2.30. The zero-order valence-corrected chi connectivity index (χ0v) is 9.15. The van der Waals surface area contributed by atoms with Crippen LogP contribution in [0.1, 0.15) is 24.8 Å². The van der Waals surface area contributed by atoms with E-state index in [9.17, 15) is 9.90 Å². The number of aliphatic carboxylic acids is 1. The molecule has 3 N–H and O–H groups in total. The molecule has 0 amide bonds. The SMILES string of the molecule is O=C(O)CCCCNCc1ccccc1O. The average Bonchev–Trinajstić information content (AvgIpc) is 2.25. The van der Waals surface area contributed by atoms with Crippen LogP contribution < -0.4 is 5.32 Å². The van der Waals surface area contributed by atoms with Crippen LogP contribution in [0.5, 0.6) is 5.75 Å². The van der Waals surface area contributed by atoms with E-state index in [1.54, 1.807) is 12.1 Å². The van der Waals surface area contributed by atoms with Crippen LogP contribution in [-0.2, 0) is 11.3 Å². The van der Waals surface area contributed by atoms with Crippen LogP contribution in [-0.4, -0.2) is 22.7 Å². The number of benzene rings is 1. The van der Waals surface area contributed by atoms with Crippen molar-refractivity contribution in [2.24, 2.45) is 0 Å². The summed E-state index contributed by atoms with van der Waals surface area (Å²) in [6.45, 7) is 1.38. The number of hydrogen-bond acceptors (Lipinski definition) is 3. The number of carboxylic acids is 1. The maximum Gasteiger partial charge on any atom is 0.303 e. The molecular formula is C12H17NO3. The topological polar surface area (TPSA) is 69.6 Å². The Kier molecular flexibility index (Phi) is 5.36. The molecule has 0 aliphatic heterocycles. The van der Waals surface area contributed by atoms with Gasteiger partial charge < -0.3 is 15.5 Å². The molecule has 0 heterocycles. The monoisotopic (exact) mass is 223 g/mol. The van der Waals surface area contributed by atoms with E-state index in [2.05, 4.69) is 5.32 Å². The number of unbranched alkanes of at least 4 members (excludes halogenated alkanes) is 1. The predicted octanol–water partition coefficient (Wildman–Crippen LogP) is 1.74. The summed E-state index contributed by atoms with van der Waals surface area (Å²) >= 11 is 0. The molecule has 0 unspecified atom stereocenters. The van der Waals surface area contributed by atoms with Gasteiger partial charge in [0, 0.05) is 18.5 Å². The van der Waals surface area contributed by atoms with E-state index in [1.165, 1.54) is 0 Å². The molecule has 0 spiro atoms. The first-order valence-corrected chi connectivity index (χ1v) is 5.39. The second-order valence-electron chi connectivity index (χ2n) is 3.66. The standard InChI is InChI=1S/C12H17NO3/c14-11-6-2-1-5-10(11)9-13-8-4-3-7-12(15)16/h1-2,5-6,13-14H,3-4,7-9H2,(H,15,16). The van der Waals surface area contributed by atoms with E-state index in [4.69, 9.17) is 5.11 Å². The van der Waals surface area contributed by atoms with E-state index in [0.29, 0.717) is 18.7 Å². The van der Waals surface area contributed by atoms with Crippen molar-refractivity contribution in [2.45, 2.75) is 25.8 Å². The van der Waals surface area contributed by atoms with Gasteiger partial charge in [-0.1, -0.05) is 18.2 Å². The van der Waals surface area contributed by atoms with Gasteiger partial charge in [-0.3, -0.25) is 4.79 Å². The van der Waals surface area contributed by atoms with Crippen molar-refractivity contribution in [2.75, 3.05) is 6.54 Å². The summed E-state index contributed by atoms with van der Waals surface area (Å²) in [4.78, 5) is 10.2. The molecule has 0 aliphatic rings. The molecule has 1 aromatic carbocycles. The van der Waals surface area contributed by atoms with Crippen LogP contribution in [0.15, 0.2) is 24.3 Å². The normalized spacial score (nSPS) is 10.2. The predicted molar refractivity (Wildman–Crippen MR) is 61.3 cm³/mol. The highest BCUT2D eigenvalue weighted by molar-refractivity contribution is 5.66. The summed E-state index contributed by atoms with van der Waals surface area (Å²) in [5, 5.41) is 21.1. The Morgan fingerprint density at radius 3 is 2.69 bits per heavy atom. The van der Waals surface area contributed by atoms with Gasteiger partial charge in [0.2, 0.25) is 0 Å². The van der Waals surface area contributed by atoms with Crippen molar-refractivity contribution >= 4 is 5.97 Å². The van der Waals surface area contributed by atoms with Gasteiger partial charge in [-0.2, -0.15) is 0 Å². The first-order valence-electron chi connectivity index (χ1n) is 5.39. The van der Waals surface area contributed by atoms with Crippen LogP contribution >= 0.6 is 0 Å². The zero-order chi connectivity index (χ0) is 11.8. The molecule has 0 aromatic heterocycles. The lowest BCUT2D eigenvalue weighted by Gasteiger charge is -2.05. The van der Waals surface area contributed by atoms with E-state index in [1.807, 2.05) is 12.1 Å². The Bertz CT molecular complexity index is 339. The molecular weight excluding hydrogens is 206 g/mol. The molecule has 0 bridgehead atoms. The minimum atomic E-state index is -0.749. The van der Waals surface area contributed by atoms with E-state index < -0.39 is 5.97 Å². The van der Waals surface area contributed by atoms with Gasteiger partial charge in [0.05, 0.1) is 0 Å². The van der Waals surface area contributed by atoms with Gasteiger partial charge in [-0.25, -0.2) is 0 Å². The zero-order valence-electron chi connectivity index (χ0n) is 9.15. The van der Waals surface area contributed by atoms with Crippen molar-refractivity contribution in [3.8, 4) is 5.75 Å². The van der Waals surface area contributed by atoms with Crippen molar-refractivity contribution in [1.82, 2.24) is 5.32 Å². The quantitative estimate of drug-likeness (QED) is 0.616. The Morgan fingerprint density at radius 2 is 2.00 bits per heavy atom. The molecule has 1 aromatic rings. The molecule has 0 radical (unpaired) electrons. The summed E-state index contributed by atoms with van der Waals surface area (Å²) in [7, 11) is 0. The minimum absolute atomic E-state index is 0.221. The van der Waals surface area contributed by atoms with Gasteiger partial charge in [0.1, 0.15) is 5.75 Å². The molecule has 16 heavy (non-hydrogen) atoms. The van der Waals surface area contributed by atoms with Gasteiger partial charge in [-0.05, 0) is 25.5 Å². The summed E-state index contributed by atoms with van der Waals surface area (Å²) in [6.07, 6.45) is 1.74. The van der Waals surface area contributed by atoms with Gasteiger partial charge in [0.15, 0.2) is 0 Å². The van der Waals surface area contributed by atoms with E-state index >= 15 is 0 Å². The van der Waals surface area contributed by atoms with Crippen LogP contribution in [0.2, 0.25) is 0 Å². The lowest BCUT2D eigenvalue weighted by Crippen LogP contribution is -2.15. The van der Waals surface area contributed by atoms with Crippen molar-refractivity contribution in [3.63, 3.8) is 0 Å². The van der Waals surface area contributed by atoms with Crippen molar-refractivity contribution in [1.29, 1.82) is 0 Å². The van der Waals surface area contributed by atoms with Crippen LogP contribution in [0.4, 0.5) is 0 Å². The van der Waals surface area contributed by atoms with Crippen molar-refractivity contribution < 1.29 is 15.0 Å². The fraction of sp³-hybridized carbons (Fsp3) is 0.417. The summed E-state index contributed by atoms with van der Waals surface area (Å²) < 4.78 is 0. The number of phenols is 1. The second kappa shape index (κ2) is 6.85. The Balaban J connectivity index is 2.12. The number of nitrogens with one attached hydrogen (secondary N) is 1. The van der Waals surface area contributed by atoms with Gasteiger partial charge in [0.25, 0.3) is 0 Å². The van der Waals surface area contributed by atoms with E-state index in [-0.39, 0.29) is 6.42 Å². The Morgan fingerprint density at radius 1 is 1.25 bits per heavy atom. The van der Waals surface area contributed by atoms with Crippen LogP contribution in [0.3, 0.4) is 0 Å². The van der Waals surface area contributed by atoms with Crippen LogP contribution in [0, 0.1) is 0 Å². The van der Waals surface area contributed by atoms with Gasteiger partial charge in [-0.15, -0.1) is 0 Å². The number of rotatable bonds is 7. The largest absolute Gasteiger partial charge is 0.508 e. The number of phenolic OH excluding ortho intramolecular Hbond substituents is 1. The molecule has 0 atom stereocenters. The molecule has 0 saturated carbocycles. The number of carbonyl (C=O) groups is 1. The summed E-state index contributed by atoms with van der Waals surface area (Å²) in [5.74, 6) is -0.457. The van der Waals surface area contributed by atoms with Crippen molar-refractivity contribution in [3.05, 3.63) is 29.8 Å². The third kappa shape index (κ3) is 4.79. The number of para-hydroxylation sites is 1. The first-order chi connectivity index (χ1) is 7.70. The maximum absolute atomic E-state index is 10.2. The average molecular weight is 223 g/mol. The minimum Gasteiger partial charge on any atom is -0.508 e. The molecule has 1 rings (SSSR count). The van der Waals surface area contributed by atoms with E-state index in [0.717, 1.165) is 18.5 Å². The van der Waals surface area contributed by atoms with Gasteiger partial charge >= 0.3 is 5.97 Å². The molecule has 88 valence electrons. The number of carboxylic acid groups (broad SMARTS) is 1. The molecule has 4 nitrogen and oxygen atoms in total. The molecule has 0 fully saturated rings. The molecule has 0 aliphatic carbocycles. The number of hydrogen-bond donors (Lipinski definition) is 3. The fourth-order valence-corrected chi connectivity index (χ4v) is 1.41. The fourth-order valence-electron chi connectivity index (χ4n) is 1.41. The first kappa shape index (κ1) is 12.5. The summed E-state index contributed by atoms with van der Waals surface area (Å²) in [6, 6.07) is 7.17. The Labute approximate surface area is 94.9 Å². The lowest BCUT2D eigenvalue weighted by molar-refractivity contribution is -0.137. The summed E-state index contributed by atoms with van der Waals surface area (Å²) in [5.41, 5.74) is 0.862. The second-order valence-corrected chi connectivity index (χ2v) is 3.66. The maximum atomic E-state index is 10.2. The third-order valence-electron chi connectivity index (χ3n) is 2.30. The van der Waals surface area contributed by atoms with Crippen LogP contribution in [0.25, 0.3) is 0 Å². The Hall–Kier alpha value is -1.55. The lowest BCUT2D eigenvalue weighted by atomic mass is 10.2. The highest BCUT2D eigenvalue weighted by atomic mass is 16.4. The number of aromatic hydroxyl groups is 1. The molecule has 0 saturated heterocycles. The molecule has 4 heteroatoms. The highest BCUT2D eigenvalue weighted by Gasteiger charge is 1.99. The highest BCUT2D eigenvalue weighted by Crippen LogP contribution is 2.14.